The fraction of sp³-hybridized carbons (Fsp3) is 0.167. The van der Waals surface area contributed by atoms with Crippen molar-refractivity contribution in [2.45, 2.75) is 12.0 Å². The highest BCUT2D eigenvalue weighted by Crippen LogP contribution is 2.43. The Labute approximate surface area is 163 Å². The van der Waals surface area contributed by atoms with E-state index in [1.807, 2.05) is 6.07 Å². The number of ether oxygens (including phenoxy) is 2. The van der Waals surface area contributed by atoms with E-state index in [1.54, 1.807) is 0 Å². The van der Waals surface area contributed by atoms with E-state index in [2.05, 4.69) is 77.0 Å². The zero-order chi connectivity index (χ0) is 18.5. The summed E-state index contributed by atoms with van der Waals surface area (Å²) in [5, 5.41) is 5.07. The molecule has 0 fully saturated rings. The highest BCUT2D eigenvalue weighted by atomic mass is 16.7. The van der Waals surface area contributed by atoms with Gasteiger partial charge in [-0.25, -0.2) is 0 Å². The van der Waals surface area contributed by atoms with Crippen LogP contribution in [0.2, 0.25) is 0 Å². The zero-order valence-electron chi connectivity index (χ0n) is 15.3. The molecule has 3 heterocycles. The van der Waals surface area contributed by atoms with Gasteiger partial charge in [-0.2, -0.15) is 0 Å². The van der Waals surface area contributed by atoms with Crippen LogP contribution in [0, 0.1) is 0 Å². The first kappa shape index (κ1) is 15.8. The maximum absolute atomic E-state index is 5.61. The summed E-state index contributed by atoms with van der Waals surface area (Å²) in [5.74, 6) is 1.96. The van der Waals surface area contributed by atoms with Gasteiger partial charge in [-0.1, -0.05) is 54.6 Å². The SMILES string of the molecule is c1ccc([C@H]2CN[C@H](c3ccc4c(c3)OCO4)c3[nH]c4ccccc4c32)cc1. The second kappa shape index (κ2) is 6.14. The van der Waals surface area contributed by atoms with Crippen molar-refractivity contribution in [1.29, 1.82) is 0 Å². The Morgan fingerprint density at radius 1 is 0.786 bits per heavy atom. The average Bonchev–Trinajstić information content (AvgIpc) is 3.38. The smallest absolute Gasteiger partial charge is 0.231 e. The number of rotatable bonds is 2. The molecule has 0 radical (unpaired) electrons. The Balaban J connectivity index is 1.53. The molecule has 0 saturated heterocycles. The molecule has 0 bridgehead atoms. The van der Waals surface area contributed by atoms with Gasteiger partial charge in [-0.3, -0.25) is 0 Å². The number of aromatic amines is 1. The number of para-hydroxylation sites is 1. The molecule has 3 aromatic carbocycles. The molecule has 0 spiro atoms. The molecule has 28 heavy (non-hydrogen) atoms. The molecule has 2 atom stereocenters. The summed E-state index contributed by atoms with van der Waals surface area (Å²) >= 11 is 0. The lowest BCUT2D eigenvalue weighted by Gasteiger charge is -2.31. The summed E-state index contributed by atoms with van der Waals surface area (Å²) in [5.41, 5.74) is 6.33. The lowest BCUT2D eigenvalue weighted by molar-refractivity contribution is 0.174. The van der Waals surface area contributed by atoms with E-state index in [-0.39, 0.29) is 6.04 Å². The predicted octanol–water partition coefficient (Wildman–Crippen LogP) is 4.72. The number of aromatic nitrogens is 1. The van der Waals surface area contributed by atoms with Crippen molar-refractivity contribution in [3.63, 3.8) is 0 Å². The standard InChI is InChI=1S/C24H20N2O2/c1-2-6-15(7-3-1)18-13-25-23(16-10-11-20-21(12-16)28-14-27-20)24-22(18)17-8-4-5-9-19(17)26-24/h1-12,18,23,25-26H,13-14H2/t18-,23-/m1/s1. The molecule has 2 aliphatic rings. The molecule has 2 N–H and O–H groups in total. The van der Waals surface area contributed by atoms with Crippen molar-refractivity contribution in [2.24, 2.45) is 0 Å². The Bertz CT molecular complexity index is 1170. The summed E-state index contributed by atoms with van der Waals surface area (Å²) in [7, 11) is 0. The van der Waals surface area contributed by atoms with Gasteiger partial charge in [-0.15, -0.1) is 0 Å². The second-order valence-corrected chi connectivity index (χ2v) is 7.42. The molecule has 1 aromatic heterocycles. The average molecular weight is 368 g/mol. The van der Waals surface area contributed by atoms with Crippen LogP contribution in [-0.2, 0) is 0 Å². The number of hydrogen-bond donors (Lipinski definition) is 2. The second-order valence-electron chi connectivity index (χ2n) is 7.42. The Morgan fingerprint density at radius 2 is 1.61 bits per heavy atom. The van der Waals surface area contributed by atoms with Crippen molar-refractivity contribution in [3.8, 4) is 11.5 Å². The molecule has 138 valence electrons. The summed E-state index contributed by atoms with van der Waals surface area (Å²) in [6.45, 7) is 1.18. The van der Waals surface area contributed by atoms with E-state index in [0.717, 1.165) is 18.0 Å². The number of H-pyrrole nitrogens is 1. The van der Waals surface area contributed by atoms with E-state index in [0.29, 0.717) is 12.7 Å². The van der Waals surface area contributed by atoms with E-state index in [9.17, 15) is 0 Å². The normalized spacial score (nSPS) is 20.3. The van der Waals surface area contributed by atoms with E-state index >= 15 is 0 Å². The quantitative estimate of drug-likeness (QED) is 0.538. The molecule has 2 aliphatic heterocycles. The molecule has 0 saturated carbocycles. The van der Waals surface area contributed by atoms with Crippen molar-refractivity contribution in [1.82, 2.24) is 10.3 Å². The van der Waals surface area contributed by atoms with Crippen molar-refractivity contribution in [3.05, 3.63) is 95.2 Å². The summed E-state index contributed by atoms with van der Waals surface area (Å²) in [6.07, 6.45) is 0. The molecule has 6 rings (SSSR count). The van der Waals surface area contributed by atoms with Crippen molar-refractivity contribution in [2.75, 3.05) is 13.3 Å². The van der Waals surface area contributed by atoms with E-state index < -0.39 is 0 Å². The van der Waals surface area contributed by atoms with E-state index in [1.165, 1.54) is 33.3 Å². The fourth-order valence-corrected chi connectivity index (χ4v) is 4.57. The zero-order valence-corrected chi connectivity index (χ0v) is 15.3. The summed E-state index contributed by atoms with van der Waals surface area (Å²) in [6, 6.07) is 25.7. The van der Waals surface area contributed by atoms with Gasteiger partial charge < -0.3 is 19.8 Å². The first-order chi connectivity index (χ1) is 13.9. The molecule has 4 nitrogen and oxygen atoms in total. The minimum atomic E-state index is 0.0943. The number of hydrogen-bond acceptors (Lipinski definition) is 3. The van der Waals surface area contributed by atoms with Crippen LogP contribution < -0.4 is 14.8 Å². The van der Waals surface area contributed by atoms with Crippen molar-refractivity contribution < 1.29 is 9.47 Å². The van der Waals surface area contributed by atoms with Crippen molar-refractivity contribution >= 4 is 10.9 Å². The predicted molar refractivity (Wildman–Crippen MR) is 109 cm³/mol. The molecule has 0 unspecified atom stereocenters. The fourth-order valence-electron chi connectivity index (χ4n) is 4.57. The monoisotopic (exact) mass is 368 g/mol. The maximum atomic E-state index is 5.61. The first-order valence-electron chi connectivity index (χ1n) is 9.67. The largest absolute Gasteiger partial charge is 0.454 e. The molecule has 4 heteroatoms. The lowest BCUT2D eigenvalue weighted by atomic mass is 9.83. The molecular formula is C24H20N2O2. The molecular weight excluding hydrogens is 348 g/mol. The molecule has 4 aromatic rings. The number of nitrogens with one attached hydrogen (secondary N) is 2. The highest BCUT2D eigenvalue weighted by Gasteiger charge is 2.32. The van der Waals surface area contributed by atoms with E-state index in [4.69, 9.17) is 9.47 Å². The lowest BCUT2D eigenvalue weighted by Crippen LogP contribution is -2.34. The minimum absolute atomic E-state index is 0.0943. The van der Waals surface area contributed by atoms with Crippen LogP contribution in [0.15, 0.2) is 72.8 Å². The maximum Gasteiger partial charge on any atom is 0.231 e. The Kier molecular flexibility index (Phi) is 3.46. The number of fused-ring (bicyclic) bond motifs is 4. The van der Waals surface area contributed by atoms with Crippen LogP contribution >= 0.6 is 0 Å². The van der Waals surface area contributed by atoms with Crippen LogP contribution in [-0.4, -0.2) is 18.3 Å². The molecule has 0 amide bonds. The third-order valence-corrected chi connectivity index (χ3v) is 5.87. The first-order valence-corrected chi connectivity index (χ1v) is 9.67. The van der Waals surface area contributed by atoms with Gasteiger partial charge in [0, 0.05) is 29.1 Å². The van der Waals surface area contributed by atoms with Gasteiger partial charge >= 0.3 is 0 Å². The van der Waals surface area contributed by atoms with Gasteiger partial charge in [0.15, 0.2) is 11.5 Å². The van der Waals surface area contributed by atoms with Crippen LogP contribution in [0.1, 0.15) is 34.3 Å². The van der Waals surface area contributed by atoms with Gasteiger partial charge in [0.05, 0.1) is 6.04 Å². The van der Waals surface area contributed by atoms with Gasteiger partial charge in [0.2, 0.25) is 6.79 Å². The van der Waals surface area contributed by atoms with Gasteiger partial charge in [0.1, 0.15) is 0 Å². The van der Waals surface area contributed by atoms with Crippen LogP contribution in [0.4, 0.5) is 0 Å². The minimum Gasteiger partial charge on any atom is -0.454 e. The summed E-state index contributed by atoms with van der Waals surface area (Å²) < 4.78 is 11.1. The van der Waals surface area contributed by atoms with Crippen LogP contribution in [0.5, 0.6) is 11.5 Å². The molecule has 0 aliphatic carbocycles. The van der Waals surface area contributed by atoms with Gasteiger partial charge in [-0.05, 0) is 34.9 Å². The van der Waals surface area contributed by atoms with Crippen LogP contribution in [0.3, 0.4) is 0 Å². The van der Waals surface area contributed by atoms with Gasteiger partial charge in [0.25, 0.3) is 0 Å². The third kappa shape index (κ3) is 2.35. The van der Waals surface area contributed by atoms with Crippen LogP contribution in [0.25, 0.3) is 10.9 Å². The topological polar surface area (TPSA) is 46.3 Å². The Hall–Kier alpha value is -3.24. The summed E-state index contributed by atoms with van der Waals surface area (Å²) in [4.78, 5) is 3.70. The Morgan fingerprint density at radius 3 is 2.54 bits per heavy atom. The third-order valence-electron chi connectivity index (χ3n) is 5.87. The highest BCUT2D eigenvalue weighted by molar-refractivity contribution is 5.86. The number of benzene rings is 3.